The summed E-state index contributed by atoms with van der Waals surface area (Å²) >= 11 is 14.1. The van der Waals surface area contributed by atoms with Crippen LogP contribution in [0.2, 0.25) is 10.0 Å². The van der Waals surface area contributed by atoms with Crippen molar-refractivity contribution in [2.45, 2.75) is 38.0 Å². The van der Waals surface area contributed by atoms with Crippen LogP contribution in [0.3, 0.4) is 0 Å². The van der Waals surface area contributed by atoms with Crippen LogP contribution in [0.25, 0.3) is 39.2 Å². The van der Waals surface area contributed by atoms with Crippen molar-refractivity contribution in [1.82, 2.24) is 30.3 Å². The third-order valence-corrected chi connectivity index (χ3v) is 9.60. The summed E-state index contributed by atoms with van der Waals surface area (Å²) in [5.74, 6) is -0.0778. The largest absolute Gasteiger partial charge is 0.481 e. The lowest BCUT2D eigenvalue weighted by atomic mass is 9.97. The van der Waals surface area contributed by atoms with Gasteiger partial charge in [0.1, 0.15) is 11.7 Å². The van der Waals surface area contributed by atoms with Gasteiger partial charge in [0, 0.05) is 72.3 Å². The van der Waals surface area contributed by atoms with Crippen molar-refractivity contribution in [2.75, 3.05) is 27.4 Å². The summed E-state index contributed by atoms with van der Waals surface area (Å²) in [6.07, 6.45) is 4.43. The Morgan fingerprint density at radius 1 is 1.00 bits per heavy atom. The van der Waals surface area contributed by atoms with Gasteiger partial charge in [-0.05, 0) is 30.2 Å². The van der Waals surface area contributed by atoms with E-state index in [0.717, 1.165) is 23.1 Å². The molecule has 1 aliphatic rings. The van der Waals surface area contributed by atoms with Crippen LogP contribution in [0, 0.1) is 0 Å². The fourth-order valence-electron chi connectivity index (χ4n) is 6.04. The van der Waals surface area contributed by atoms with Crippen LogP contribution in [-0.2, 0) is 27.4 Å². The van der Waals surface area contributed by atoms with E-state index in [1.165, 1.54) is 17.7 Å². The van der Waals surface area contributed by atoms with Gasteiger partial charge >= 0.3 is 5.97 Å². The Hall–Kier alpha value is -4.85. The van der Waals surface area contributed by atoms with E-state index >= 15 is 0 Å². The molecule has 1 amide bonds. The van der Waals surface area contributed by atoms with Crippen LogP contribution < -0.4 is 26.2 Å². The second-order valence-electron chi connectivity index (χ2n) is 12.0. The Labute approximate surface area is 303 Å². The van der Waals surface area contributed by atoms with Crippen molar-refractivity contribution in [3.8, 4) is 39.4 Å². The molecule has 0 saturated carbocycles. The Morgan fingerprint density at radius 3 is 2.41 bits per heavy atom. The maximum Gasteiger partial charge on any atom is 0.325 e. The predicted molar refractivity (Wildman–Crippen MR) is 195 cm³/mol. The SMILES string of the molecule is COC(=O)[C@H](CO)NCc1cnc2cc(-c3cccc(-c4cccc(-c5ccc(CNC[C@@H]6CCC(=O)N6)c(OC)n5)c4Cl)c3Cl)ccn2c1=O. The second kappa shape index (κ2) is 16.0. The molecule has 1 saturated heterocycles. The van der Waals surface area contributed by atoms with Crippen molar-refractivity contribution >= 4 is 40.7 Å². The summed E-state index contributed by atoms with van der Waals surface area (Å²) < 4.78 is 11.7. The molecule has 2 aromatic carbocycles. The zero-order valence-electron chi connectivity index (χ0n) is 27.9. The minimum atomic E-state index is -0.965. The molecule has 0 unspecified atom stereocenters. The number of carbonyl (C=O) groups is 2. The monoisotopic (exact) mass is 730 g/mol. The van der Waals surface area contributed by atoms with Crippen LogP contribution in [-0.4, -0.2) is 70.8 Å². The van der Waals surface area contributed by atoms with E-state index in [1.807, 2.05) is 48.5 Å². The fourth-order valence-corrected chi connectivity index (χ4v) is 6.70. The quantitative estimate of drug-likeness (QED) is 0.128. The van der Waals surface area contributed by atoms with Gasteiger partial charge in [0.05, 0.1) is 42.1 Å². The van der Waals surface area contributed by atoms with Gasteiger partial charge in [-0.1, -0.05) is 65.7 Å². The molecule has 14 heteroatoms. The van der Waals surface area contributed by atoms with Gasteiger partial charge in [-0.15, -0.1) is 0 Å². The molecule has 6 rings (SSSR count). The highest BCUT2D eigenvalue weighted by atomic mass is 35.5. The highest BCUT2D eigenvalue weighted by molar-refractivity contribution is 6.39. The Morgan fingerprint density at radius 2 is 1.73 bits per heavy atom. The van der Waals surface area contributed by atoms with E-state index in [-0.39, 0.29) is 24.1 Å². The number of hydrogen-bond acceptors (Lipinski definition) is 10. The summed E-state index contributed by atoms with van der Waals surface area (Å²) in [4.78, 5) is 45.7. The van der Waals surface area contributed by atoms with Crippen molar-refractivity contribution in [3.63, 3.8) is 0 Å². The number of nitrogens with one attached hydrogen (secondary N) is 3. The van der Waals surface area contributed by atoms with Gasteiger partial charge in [0.2, 0.25) is 11.8 Å². The summed E-state index contributed by atoms with van der Waals surface area (Å²) in [5.41, 5.74) is 5.49. The molecule has 12 nitrogen and oxygen atoms in total. The van der Waals surface area contributed by atoms with Crippen LogP contribution >= 0.6 is 23.2 Å². The fraction of sp³-hybridized carbons (Fsp3) is 0.270. The van der Waals surface area contributed by atoms with E-state index in [1.54, 1.807) is 25.4 Å². The molecule has 0 spiro atoms. The number of hydrogen-bond donors (Lipinski definition) is 4. The van der Waals surface area contributed by atoms with Gasteiger partial charge in [0.15, 0.2) is 0 Å². The molecule has 2 atom stereocenters. The zero-order valence-corrected chi connectivity index (χ0v) is 29.4. The number of amides is 1. The Balaban J connectivity index is 1.24. The number of aliphatic hydroxyl groups excluding tert-OH is 1. The van der Waals surface area contributed by atoms with E-state index in [9.17, 15) is 19.5 Å². The first-order valence-corrected chi connectivity index (χ1v) is 17.0. The van der Waals surface area contributed by atoms with Crippen molar-refractivity contribution in [2.24, 2.45) is 0 Å². The molecule has 1 fully saturated rings. The summed E-state index contributed by atoms with van der Waals surface area (Å²) in [6.45, 7) is 0.716. The molecule has 0 aliphatic carbocycles. The summed E-state index contributed by atoms with van der Waals surface area (Å²) in [5, 5.41) is 19.6. The average Bonchev–Trinajstić information content (AvgIpc) is 3.57. The maximum absolute atomic E-state index is 13.2. The number of aromatic nitrogens is 3. The maximum atomic E-state index is 13.2. The number of fused-ring (bicyclic) bond motifs is 1. The predicted octanol–water partition coefficient (Wildman–Crippen LogP) is 4.40. The second-order valence-corrected chi connectivity index (χ2v) is 12.8. The van der Waals surface area contributed by atoms with Gasteiger partial charge in [-0.3, -0.25) is 24.1 Å². The normalized spacial score (nSPS) is 14.8. The Bertz CT molecular complexity index is 2160. The summed E-state index contributed by atoms with van der Waals surface area (Å²) in [7, 11) is 2.80. The third-order valence-electron chi connectivity index (χ3n) is 8.79. The molecule has 5 aromatic rings. The molecule has 0 bridgehead atoms. The number of aliphatic hydroxyl groups is 1. The topological polar surface area (TPSA) is 156 Å². The zero-order chi connectivity index (χ0) is 36.1. The number of rotatable bonds is 13. The average molecular weight is 732 g/mol. The highest BCUT2D eigenvalue weighted by Crippen LogP contribution is 2.42. The molecule has 1 aliphatic heterocycles. The van der Waals surface area contributed by atoms with Crippen LogP contribution in [0.15, 0.2) is 77.9 Å². The van der Waals surface area contributed by atoms with E-state index in [0.29, 0.717) is 69.0 Å². The van der Waals surface area contributed by atoms with Crippen molar-refractivity contribution < 1.29 is 24.2 Å². The molecule has 4 heterocycles. The smallest absolute Gasteiger partial charge is 0.325 e. The first-order chi connectivity index (χ1) is 24.7. The minimum Gasteiger partial charge on any atom is -0.481 e. The number of pyridine rings is 2. The van der Waals surface area contributed by atoms with Crippen molar-refractivity contribution in [1.29, 1.82) is 0 Å². The minimum absolute atomic E-state index is 0.0105. The first kappa shape index (κ1) is 36.0. The number of ether oxygens (including phenoxy) is 2. The summed E-state index contributed by atoms with van der Waals surface area (Å²) in [6, 6.07) is 17.9. The molecule has 51 heavy (non-hydrogen) atoms. The Kier molecular flexibility index (Phi) is 11.3. The van der Waals surface area contributed by atoms with Crippen molar-refractivity contribution in [3.05, 3.63) is 105 Å². The molecule has 0 radical (unpaired) electrons. The van der Waals surface area contributed by atoms with E-state index in [2.05, 4.69) is 25.7 Å². The third kappa shape index (κ3) is 7.75. The molecular weight excluding hydrogens is 695 g/mol. The first-order valence-electron chi connectivity index (χ1n) is 16.3. The standard InChI is InChI=1S/C37H36Cl2N6O6/c1-50-35-22(16-40-19-24-10-12-32(47)43-24)9-11-29(44-35)28-8-4-7-27(34(28)39)26-6-3-5-25(33(26)38)21-13-14-45-31(15-21)42-18-23(36(45)48)17-41-30(20-46)37(49)51-2/h3-9,11,13-15,18,24,30,40-41,46H,10,12,16-17,19-20H2,1-2H3,(H,43,47)/t24-,30-/m0/s1. The molecule has 264 valence electrons. The number of esters is 1. The van der Waals surface area contributed by atoms with E-state index in [4.69, 9.17) is 32.9 Å². The molecule has 3 aromatic heterocycles. The lowest BCUT2D eigenvalue weighted by Gasteiger charge is -2.16. The number of nitrogens with zero attached hydrogens (tertiary/aromatic N) is 3. The lowest BCUT2D eigenvalue weighted by molar-refractivity contribution is -0.144. The number of methoxy groups -OCH3 is 2. The molecule has 4 N–H and O–H groups in total. The highest BCUT2D eigenvalue weighted by Gasteiger charge is 2.22. The number of carbonyl (C=O) groups excluding carboxylic acids is 2. The van der Waals surface area contributed by atoms with Crippen LogP contribution in [0.5, 0.6) is 5.88 Å². The number of benzene rings is 2. The number of halogens is 2. The van der Waals surface area contributed by atoms with Gasteiger partial charge in [-0.2, -0.15) is 0 Å². The van der Waals surface area contributed by atoms with Gasteiger partial charge in [0.25, 0.3) is 5.56 Å². The van der Waals surface area contributed by atoms with E-state index < -0.39 is 18.6 Å². The van der Waals surface area contributed by atoms with Gasteiger partial charge in [-0.25, -0.2) is 9.97 Å². The van der Waals surface area contributed by atoms with Crippen LogP contribution in [0.4, 0.5) is 0 Å². The lowest BCUT2D eigenvalue weighted by Crippen LogP contribution is -2.41. The van der Waals surface area contributed by atoms with Crippen LogP contribution in [0.1, 0.15) is 24.0 Å². The van der Waals surface area contributed by atoms with Gasteiger partial charge < -0.3 is 25.2 Å². The molecular formula is C37H36Cl2N6O6.